The molecule has 0 N–H and O–H groups in total. The minimum Gasteiger partial charge on any atom is -0.379 e. The van der Waals surface area contributed by atoms with Crippen LogP contribution in [0.15, 0.2) is 42.6 Å². The van der Waals surface area contributed by atoms with E-state index in [1.165, 1.54) is 9.99 Å². The van der Waals surface area contributed by atoms with Crippen LogP contribution in [-0.2, 0) is 4.74 Å². The fraction of sp³-hybridized carbons (Fsp3) is 0.500. The van der Waals surface area contributed by atoms with Gasteiger partial charge in [-0.25, -0.2) is 0 Å². The second-order valence-corrected chi connectivity index (χ2v) is 8.97. The summed E-state index contributed by atoms with van der Waals surface area (Å²) in [5, 5.41) is 0. The lowest BCUT2D eigenvalue weighted by molar-refractivity contribution is 0.0331. The molecule has 2 aromatic rings. The maximum Gasteiger partial charge on any atom is 0.270 e. The highest BCUT2D eigenvalue weighted by Gasteiger charge is 2.26. The maximum absolute atomic E-state index is 13.1. The number of morpholine rings is 1. The third kappa shape index (κ3) is 4.78. The molecule has 1 aromatic heterocycles. The van der Waals surface area contributed by atoms with E-state index in [4.69, 9.17) is 4.74 Å². The predicted molar refractivity (Wildman–Crippen MR) is 119 cm³/mol. The smallest absolute Gasteiger partial charge is 0.270 e. The van der Waals surface area contributed by atoms with Crippen LogP contribution >= 0.6 is 22.6 Å². The molecule has 0 spiro atoms. The van der Waals surface area contributed by atoms with Gasteiger partial charge in [-0.1, -0.05) is 6.07 Å². The number of likely N-dealkylation sites (tertiary alicyclic amines) is 1. The summed E-state index contributed by atoms with van der Waals surface area (Å²) in [6, 6.07) is 12.2. The second-order valence-electron chi connectivity index (χ2n) is 7.72. The molecule has 0 aliphatic carbocycles. The minimum absolute atomic E-state index is 0.149. The van der Waals surface area contributed by atoms with Gasteiger partial charge in [0.2, 0.25) is 0 Å². The van der Waals surface area contributed by atoms with Gasteiger partial charge in [0.25, 0.3) is 5.91 Å². The number of aromatic nitrogens is 1. The lowest BCUT2D eigenvalue weighted by atomic mass is 9.93. The minimum atomic E-state index is 0.149. The lowest BCUT2D eigenvalue weighted by Crippen LogP contribution is -2.41. The monoisotopic (exact) mass is 493 g/mol. The van der Waals surface area contributed by atoms with E-state index in [1.807, 2.05) is 33.9 Å². The number of nitrogens with zero attached hydrogens (tertiary/aromatic N) is 3. The first-order valence-corrected chi connectivity index (χ1v) is 11.3. The van der Waals surface area contributed by atoms with Crippen LogP contribution < -0.4 is 0 Å². The van der Waals surface area contributed by atoms with E-state index < -0.39 is 0 Å². The summed E-state index contributed by atoms with van der Waals surface area (Å²) in [6.45, 7) is 6.76. The van der Waals surface area contributed by atoms with E-state index in [2.05, 4.69) is 45.7 Å². The van der Waals surface area contributed by atoms with Crippen molar-refractivity contribution < 1.29 is 9.53 Å². The Morgan fingerprint density at radius 3 is 2.61 bits per heavy atom. The summed E-state index contributed by atoms with van der Waals surface area (Å²) in [5.74, 6) is 0.880. The number of amides is 1. The van der Waals surface area contributed by atoms with Crippen LogP contribution in [0.4, 0.5) is 0 Å². The third-order valence-electron chi connectivity index (χ3n) is 5.91. The molecule has 2 aliphatic heterocycles. The third-order valence-corrected chi connectivity index (χ3v) is 6.58. The molecule has 150 valence electrons. The number of halogens is 1. The Hall–Kier alpha value is -1.38. The van der Waals surface area contributed by atoms with Gasteiger partial charge in [-0.3, -0.25) is 9.69 Å². The molecule has 6 heteroatoms. The fourth-order valence-corrected chi connectivity index (χ4v) is 4.71. The summed E-state index contributed by atoms with van der Waals surface area (Å²) >= 11 is 2.31. The van der Waals surface area contributed by atoms with Crippen molar-refractivity contribution in [2.45, 2.75) is 19.3 Å². The number of carbonyl (C=O) groups excluding carboxylic acids is 1. The molecule has 1 amide bonds. The fourth-order valence-electron chi connectivity index (χ4n) is 4.18. The molecule has 0 radical (unpaired) electrons. The molecule has 5 nitrogen and oxygen atoms in total. The quantitative estimate of drug-likeness (QED) is 0.597. The van der Waals surface area contributed by atoms with Crippen molar-refractivity contribution in [3.05, 3.63) is 51.9 Å². The van der Waals surface area contributed by atoms with Crippen LogP contribution in [0.5, 0.6) is 0 Å². The molecule has 2 aliphatic rings. The van der Waals surface area contributed by atoms with Crippen LogP contribution in [-0.4, -0.2) is 66.2 Å². The van der Waals surface area contributed by atoms with Crippen LogP contribution in [0, 0.1) is 9.49 Å². The Bertz CT molecular complexity index is 793. The number of hydrogen-bond acceptors (Lipinski definition) is 3. The first-order valence-electron chi connectivity index (χ1n) is 10.2. The average molecular weight is 493 g/mol. The van der Waals surface area contributed by atoms with E-state index in [9.17, 15) is 4.79 Å². The van der Waals surface area contributed by atoms with Crippen LogP contribution in [0.3, 0.4) is 0 Å². The van der Waals surface area contributed by atoms with Gasteiger partial charge in [-0.15, -0.1) is 0 Å². The first-order chi connectivity index (χ1) is 13.7. The van der Waals surface area contributed by atoms with Crippen molar-refractivity contribution in [3.63, 3.8) is 0 Å². The van der Waals surface area contributed by atoms with Gasteiger partial charge in [0.15, 0.2) is 0 Å². The summed E-state index contributed by atoms with van der Waals surface area (Å²) < 4.78 is 8.61. The molecule has 0 bridgehead atoms. The Balaban J connectivity index is 1.33. The predicted octanol–water partition coefficient (Wildman–Crippen LogP) is 3.66. The molecular weight excluding hydrogens is 465 g/mol. The average Bonchev–Trinajstić information content (AvgIpc) is 3.23. The second kappa shape index (κ2) is 9.41. The number of hydrogen-bond donors (Lipinski definition) is 0. The van der Waals surface area contributed by atoms with Gasteiger partial charge in [-0.05, 0) is 84.6 Å². The van der Waals surface area contributed by atoms with Gasteiger partial charge in [0, 0.05) is 41.6 Å². The number of piperidine rings is 1. The maximum atomic E-state index is 13.1. The van der Waals surface area contributed by atoms with Gasteiger partial charge in [0.05, 0.1) is 13.2 Å². The van der Waals surface area contributed by atoms with E-state index in [0.717, 1.165) is 76.1 Å². The van der Waals surface area contributed by atoms with Crippen molar-refractivity contribution in [2.75, 3.05) is 45.9 Å². The van der Waals surface area contributed by atoms with Crippen molar-refractivity contribution in [1.29, 1.82) is 0 Å². The zero-order chi connectivity index (χ0) is 19.3. The Morgan fingerprint density at radius 1 is 1.07 bits per heavy atom. The Morgan fingerprint density at radius 2 is 1.86 bits per heavy atom. The number of ether oxygens (including phenoxy) is 1. The Kier molecular flexibility index (Phi) is 6.69. The molecule has 0 atom stereocenters. The topological polar surface area (TPSA) is 37.7 Å². The summed E-state index contributed by atoms with van der Waals surface area (Å²) in [5.41, 5.74) is 1.80. The van der Waals surface area contributed by atoms with Gasteiger partial charge < -0.3 is 14.2 Å². The molecular formula is C22H28IN3O2. The zero-order valence-corrected chi connectivity index (χ0v) is 18.4. The van der Waals surface area contributed by atoms with Crippen LogP contribution in [0.1, 0.15) is 29.8 Å². The van der Waals surface area contributed by atoms with Crippen LogP contribution in [0.2, 0.25) is 0 Å². The molecule has 3 heterocycles. The Labute approximate surface area is 180 Å². The SMILES string of the molecule is O=C(c1cccn1-c1cccc(I)c1)N1CCC(CCN2CCOCC2)CC1. The summed E-state index contributed by atoms with van der Waals surface area (Å²) in [4.78, 5) is 17.7. The van der Waals surface area contributed by atoms with Gasteiger partial charge >= 0.3 is 0 Å². The highest BCUT2D eigenvalue weighted by atomic mass is 127. The largest absolute Gasteiger partial charge is 0.379 e. The van der Waals surface area contributed by atoms with Crippen molar-refractivity contribution in [1.82, 2.24) is 14.4 Å². The highest BCUT2D eigenvalue weighted by molar-refractivity contribution is 14.1. The zero-order valence-electron chi connectivity index (χ0n) is 16.2. The molecule has 2 saturated heterocycles. The summed E-state index contributed by atoms with van der Waals surface area (Å²) in [7, 11) is 0. The van der Waals surface area contributed by atoms with E-state index in [0.29, 0.717) is 0 Å². The lowest BCUT2D eigenvalue weighted by Gasteiger charge is -2.34. The van der Waals surface area contributed by atoms with E-state index in [-0.39, 0.29) is 5.91 Å². The molecule has 1 aromatic carbocycles. The standard InChI is InChI=1S/C22H28IN3O2/c23-19-3-1-4-20(17-19)26-9-2-5-21(26)22(27)25-11-7-18(8-12-25)6-10-24-13-15-28-16-14-24/h1-5,9,17-18H,6-8,10-16H2. The molecule has 0 unspecified atom stereocenters. The van der Waals surface area contributed by atoms with Crippen molar-refractivity contribution in [2.24, 2.45) is 5.92 Å². The molecule has 2 fully saturated rings. The number of rotatable bonds is 5. The molecule has 28 heavy (non-hydrogen) atoms. The van der Waals surface area contributed by atoms with Gasteiger partial charge in [-0.2, -0.15) is 0 Å². The first kappa shape index (κ1) is 19.9. The molecule has 0 saturated carbocycles. The van der Waals surface area contributed by atoms with Crippen molar-refractivity contribution >= 4 is 28.5 Å². The highest BCUT2D eigenvalue weighted by Crippen LogP contribution is 2.24. The van der Waals surface area contributed by atoms with Crippen molar-refractivity contribution in [3.8, 4) is 5.69 Å². The number of carbonyl (C=O) groups is 1. The van der Waals surface area contributed by atoms with Crippen LogP contribution in [0.25, 0.3) is 5.69 Å². The normalized spacial score (nSPS) is 19.1. The molecule has 4 rings (SSSR count). The van der Waals surface area contributed by atoms with E-state index in [1.54, 1.807) is 0 Å². The number of benzene rings is 1. The van der Waals surface area contributed by atoms with Gasteiger partial charge in [0.1, 0.15) is 5.69 Å². The van der Waals surface area contributed by atoms with E-state index >= 15 is 0 Å². The summed E-state index contributed by atoms with van der Waals surface area (Å²) in [6.07, 6.45) is 5.44.